The Bertz CT molecular complexity index is 1140. The second kappa shape index (κ2) is 5.96. The van der Waals surface area contributed by atoms with Gasteiger partial charge in [-0.05, 0) is 48.4 Å². The maximum Gasteiger partial charge on any atom is 0.335 e. The number of sulfonamides is 1. The van der Waals surface area contributed by atoms with Crippen LogP contribution in [0.5, 0.6) is 0 Å². The molecule has 1 N–H and O–H groups in total. The standard InChI is InChI=1S/C18H13ClN2O4S/c19-15-3-1-2-12-10-13-8-9-21(17(13)20-16(12)15)26(24,25)14-6-4-11(5-7-14)18(22)23/h1-7,10H,8-9H2,(H,22,23). The molecule has 0 saturated heterocycles. The summed E-state index contributed by atoms with van der Waals surface area (Å²) in [5.74, 6) is -0.740. The lowest BCUT2D eigenvalue weighted by Crippen LogP contribution is -2.29. The molecule has 0 aliphatic carbocycles. The average Bonchev–Trinajstić information content (AvgIpc) is 3.04. The Kier molecular flexibility index (Phi) is 3.86. The van der Waals surface area contributed by atoms with Crippen molar-refractivity contribution < 1.29 is 18.3 Å². The third kappa shape index (κ3) is 2.60. The number of pyridine rings is 1. The Morgan fingerprint density at radius 3 is 2.58 bits per heavy atom. The number of rotatable bonds is 3. The molecule has 0 saturated carbocycles. The van der Waals surface area contributed by atoms with Gasteiger partial charge in [-0.3, -0.25) is 0 Å². The van der Waals surface area contributed by atoms with Crippen LogP contribution in [-0.4, -0.2) is 31.0 Å². The number of aromatic nitrogens is 1. The van der Waals surface area contributed by atoms with Gasteiger partial charge in [-0.25, -0.2) is 22.5 Å². The first-order chi connectivity index (χ1) is 12.4. The van der Waals surface area contributed by atoms with Gasteiger partial charge in [0, 0.05) is 11.9 Å². The van der Waals surface area contributed by atoms with E-state index in [4.69, 9.17) is 16.7 Å². The predicted octanol–water partition coefficient (Wildman–Crippen LogP) is 3.34. The van der Waals surface area contributed by atoms with Crippen LogP contribution < -0.4 is 4.31 Å². The summed E-state index contributed by atoms with van der Waals surface area (Å²) < 4.78 is 27.3. The Balaban J connectivity index is 1.80. The van der Waals surface area contributed by atoms with E-state index >= 15 is 0 Å². The molecule has 0 unspecified atom stereocenters. The highest BCUT2D eigenvalue weighted by molar-refractivity contribution is 7.92. The van der Waals surface area contributed by atoms with E-state index in [2.05, 4.69) is 4.98 Å². The predicted molar refractivity (Wildman–Crippen MR) is 98.4 cm³/mol. The van der Waals surface area contributed by atoms with Gasteiger partial charge < -0.3 is 5.11 Å². The van der Waals surface area contributed by atoms with Crippen LogP contribution in [0.25, 0.3) is 10.9 Å². The number of nitrogens with zero attached hydrogens (tertiary/aromatic N) is 2. The highest BCUT2D eigenvalue weighted by Gasteiger charge is 2.32. The summed E-state index contributed by atoms with van der Waals surface area (Å²) in [7, 11) is -3.84. The van der Waals surface area contributed by atoms with Crippen LogP contribution in [0.1, 0.15) is 15.9 Å². The fraction of sp³-hybridized carbons (Fsp3) is 0.111. The van der Waals surface area contributed by atoms with E-state index in [-0.39, 0.29) is 17.0 Å². The lowest BCUT2D eigenvalue weighted by atomic mass is 10.1. The monoisotopic (exact) mass is 388 g/mol. The molecule has 26 heavy (non-hydrogen) atoms. The summed E-state index contributed by atoms with van der Waals surface area (Å²) in [4.78, 5) is 15.5. The van der Waals surface area contributed by atoms with Gasteiger partial charge >= 0.3 is 5.97 Å². The molecule has 6 nitrogen and oxygen atoms in total. The van der Waals surface area contributed by atoms with Gasteiger partial charge in [0.2, 0.25) is 0 Å². The molecular weight excluding hydrogens is 376 g/mol. The summed E-state index contributed by atoms with van der Waals surface area (Å²) >= 11 is 6.20. The van der Waals surface area contributed by atoms with Crippen molar-refractivity contribution >= 4 is 44.3 Å². The lowest BCUT2D eigenvalue weighted by Gasteiger charge is -2.19. The second-order valence-electron chi connectivity index (χ2n) is 5.94. The summed E-state index contributed by atoms with van der Waals surface area (Å²) in [5, 5.41) is 10.3. The molecule has 2 heterocycles. The fourth-order valence-corrected chi connectivity index (χ4v) is 4.73. The maximum absolute atomic E-state index is 13.0. The van der Waals surface area contributed by atoms with Gasteiger partial charge in [0.15, 0.2) is 0 Å². The highest BCUT2D eigenvalue weighted by atomic mass is 35.5. The van der Waals surface area contributed by atoms with Gasteiger partial charge in [0.05, 0.1) is 21.0 Å². The maximum atomic E-state index is 13.0. The summed E-state index contributed by atoms with van der Waals surface area (Å²) in [6, 6.07) is 12.5. The van der Waals surface area contributed by atoms with E-state index in [1.54, 1.807) is 6.07 Å². The molecule has 0 fully saturated rings. The van der Waals surface area contributed by atoms with Gasteiger partial charge in [-0.2, -0.15) is 0 Å². The van der Waals surface area contributed by atoms with Gasteiger partial charge in [-0.1, -0.05) is 23.7 Å². The van der Waals surface area contributed by atoms with Gasteiger partial charge in [0.25, 0.3) is 10.0 Å². The van der Waals surface area contributed by atoms with Crippen molar-refractivity contribution in [2.75, 3.05) is 10.8 Å². The fourth-order valence-electron chi connectivity index (χ4n) is 3.05. The van der Waals surface area contributed by atoms with Crippen LogP contribution in [0.4, 0.5) is 5.82 Å². The number of para-hydroxylation sites is 1. The smallest absolute Gasteiger partial charge is 0.335 e. The highest BCUT2D eigenvalue weighted by Crippen LogP contribution is 2.35. The number of fused-ring (bicyclic) bond motifs is 2. The van der Waals surface area contributed by atoms with E-state index in [1.807, 2.05) is 18.2 Å². The second-order valence-corrected chi connectivity index (χ2v) is 8.21. The first kappa shape index (κ1) is 16.8. The van der Waals surface area contributed by atoms with Crippen LogP contribution in [0, 0.1) is 0 Å². The van der Waals surface area contributed by atoms with Crippen molar-refractivity contribution in [2.45, 2.75) is 11.3 Å². The number of hydrogen-bond donors (Lipinski definition) is 1. The molecule has 0 bridgehead atoms. The quantitative estimate of drug-likeness (QED) is 0.743. The molecule has 0 radical (unpaired) electrons. The molecule has 1 aliphatic heterocycles. The van der Waals surface area contributed by atoms with E-state index in [1.165, 1.54) is 28.6 Å². The van der Waals surface area contributed by atoms with Crippen LogP contribution in [0.15, 0.2) is 53.4 Å². The average molecular weight is 389 g/mol. The minimum atomic E-state index is -3.84. The topological polar surface area (TPSA) is 87.6 Å². The molecule has 0 amide bonds. The molecule has 0 spiro atoms. The zero-order chi connectivity index (χ0) is 18.5. The molecular formula is C18H13ClN2O4S. The number of carbonyl (C=O) groups is 1. The Hall–Kier alpha value is -2.64. The first-order valence-electron chi connectivity index (χ1n) is 7.82. The Morgan fingerprint density at radius 2 is 1.88 bits per heavy atom. The molecule has 8 heteroatoms. The van der Waals surface area contributed by atoms with Crippen molar-refractivity contribution in [2.24, 2.45) is 0 Å². The van der Waals surface area contributed by atoms with E-state index < -0.39 is 16.0 Å². The van der Waals surface area contributed by atoms with E-state index in [0.717, 1.165) is 10.9 Å². The molecule has 2 aromatic carbocycles. The number of halogens is 1. The number of carboxylic acid groups (broad SMARTS) is 1. The number of anilines is 1. The third-order valence-corrected chi connectivity index (χ3v) is 6.47. The normalized spacial score (nSPS) is 13.8. The third-order valence-electron chi connectivity index (χ3n) is 4.36. The molecule has 4 rings (SSSR count). The Morgan fingerprint density at radius 1 is 1.15 bits per heavy atom. The molecule has 3 aromatic rings. The van der Waals surface area contributed by atoms with Crippen molar-refractivity contribution in [1.29, 1.82) is 0 Å². The van der Waals surface area contributed by atoms with Crippen molar-refractivity contribution in [3.05, 3.63) is 64.7 Å². The number of hydrogen-bond acceptors (Lipinski definition) is 4. The largest absolute Gasteiger partial charge is 0.478 e. The van der Waals surface area contributed by atoms with Crippen LogP contribution >= 0.6 is 11.6 Å². The van der Waals surface area contributed by atoms with Crippen LogP contribution in [0.3, 0.4) is 0 Å². The molecule has 1 aromatic heterocycles. The minimum Gasteiger partial charge on any atom is -0.478 e. The molecule has 132 valence electrons. The first-order valence-corrected chi connectivity index (χ1v) is 9.64. The number of carboxylic acids is 1. The minimum absolute atomic E-state index is 0.0244. The molecule has 1 aliphatic rings. The molecule has 0 atom stereocenters. The van der Waals surface area contributed by atoms with Crippen molar-refractivity contribution in [1.82, 2.24) is 4.98 Å². The SMILES string of the molecule is O=C(O)c1ccc(S(=O)(=O)N2CCc3cc4cccc(Cl)c4nc32)cc1. The summed E-state index contributed by atoms with van der Waals surface area (Å²) in [6.07, 6.45) is 0.553. The summed E-state index contributed by atoms with van der Waals surface area (Å²) in [5.41, 5.74) is 1.42. The Labute approximate surface area is 154 Å². The zero-order valence-corrected chi connectivity index (χ0v) is 15.0. The lowest BCUT2D eigenvalue weighted by molar-refractivity contribution is 0.0696. The number of aromatic carboxylic acids is 1. The van der Waals surface area contributed by atoms with Crippen molar-refractivity contribution in [3.8, 4) is 0 Å². The summed E-state index contributed by atoms with van der Waals surface area (Å²) in [6.45, 7) is 0.277. The van der Waals surface area contributed by atoms with Crippen molar-refractivity contribution in [3.63, 3.8) is 0 Å². The van der Waals surface area contributed by atoms with Gasteiger partial charge in [0.1, 0.15) is 5.82 Å². The van der Waals surface area contributed by atoms with Crippen LogP contribution in [0.2, 0.25) is 5.02 Å². The van der Waals surface area contributed by atoms with Gasteiger partial charge in [-0.15, -0.1) is 0 Å². The van der Waals surface area contributed by atoms with Crippen LogP contribution in [-0.2, 0) is 16.4 Å². The van der Waals surface area contributed by atoms with E-state index in [9.17, 15) is 13.2 Å². The van der Waals surface area contributed by atoms with E-state index in [0.29, 0.717) is 22.8 Å². The zero-order valence-electron chi connectivity index (χ0n) is 13.4. The number of benzene rings is 2.